The molecule has 82 valence electrons. The Morgan fingerprint density at radius 2 is 1.80 bits per heavy atom. The van der Waals surface area contributed by atoms with Gasteiger partial charge < -0.3 is 4.84 Å². The fourth-order valence-corrected chi connectivity index (χ4v) is 1.43. The molecule has 0 saturated heterocycles. The third-order valence-corrected chi connectivity index (χ3v) is 2.01. The summed E-state index contributed by atoms with van der Waals surface area (Å²) in [6.07, 6.45) is 0.908. The van der Waals surface area contributed by atoms with Crippen molar-refractivity contribution in [3.63, 3.8) is 0 Å². The van der Waals surface area contributed by atoms with Gasteiger partial charge in [0.25, 0.3) is 0 Å². The van der Waals surface area contributed by atoms with Gasteiger partial charge in [-0.2, -0.15) is 0 Å². The molecule has 2 nitrogen and oxygen atoms in total. The predicted molar refractivity (Wildman–Crippen MR) is 64.1 cm³/mol. The molecule has 0 spiro atoms. The van der Waals surface area contributed by atoms with Crippen LogP contribution in [0, 0.1) is 5.41 Å². The molecule has 1 aromatic carbocycles. The lowest BCUT2D eigenvalue weighted by molar-refractivity contribution is 0.211. The Hall–Kier alpha value is -1.31. The highest BCUT2D eigenvalue weighted by atomic mass is 16.6. The van der Waals surface area contributed by atoms with Gasteiger partial charge in [0.2, 0.25) is 0 Å². The largest absolute Gasteiger partial charge is 0.399 e. The highest BCUT2D eigenvalue weighted by Crippen LogP contribution is 2.22. The average Bonchev–Trinajstić information content (AvgIpc) is 2.17. The van der Waals surface area contributed by atoms with Crippen LogP contribution in [0.2, 0.25) is 0 Å². The Morgan fingerprint density at radius 1 is 1.20 bits per heavy atom. The third kappa shape index (κ3) is 4.15. The average molecular weight is 205 g/mol. The number of oxime groups is 1. The number of hydrogen-bond donors (Lipinski definition) is 0. The Bertz CT molecular complexity index is 322. The highest BCUT2D eigenvalue weighted by molar-refractivity contribution is 6.00. The molecule has 1 rings (SSSR count). The monoisotopic (exact) mass is 205 g/mol. The van der Waals surface area contributed by atoms with Crippen LogP contribution < -0.4 is 0 Å². The summed E-state index contributed by atoms with van der Waals surface area (Å²) in [5.41, 5.74) is 2.35. The van der Waals surface area contributed by atoms with Gasteiger partial charge in [-0.1, -0.05) is 56.3 Å². The lowest BCUT2D eigenvalue weighted by atomic mass is 9.87. The van der Waals surface area contributed by atoms with Crippen molar-refractivity contribution in [3.8, 4) is 0 Å². The van der Waals surface area contributed by atoms with Crippen LogP contribution in [-0.4, -0.2) is 12.8 Å². The fourth-order valence-electron chi connectivity index (χ4n) is 1.43. The van der Waals surface area contributed by atoms with Crippen LogP contribution in [0.25, 0.3) is 0 Å². The summed E-state index contributed by atoms with van der Waals surface area (Å²) in [7, 11) is 1.59. The van der Waals surface area contributed by atoms with E-state index in [2.05, 4.69) is 38.1 Å². The van der Waals surface area contributed by atoms with Crippen molar-refractivity contribution in [1.29, 1.82) is 0 Å². The molecule has 0 aliphatic heterocycles. The van der Waals surface area contributed by atoms with Gasteiger partial charge in [0.1, 0.15) is 7.11 Å². The third-order valence-electron chi connectivity index (χ3n) is 2.01. The normalized spacial score (nSPS) is 12.7. The first kappa shape index (κ1) is 11.8. The molecule has 0 radical (unpaired) electrons. The Labute approximate surface area is 91.9 Å². The number of rotatable bonds is 3. The maximum atomic E-state index is 4.89. The second-order valence-corrected chi connectivity index (χ2v) is 4.82. The van der Waals surface area contributed by atoms with Crippen molar-refractivity contribution >= 4 is 5.71 Å². The van der Waals surface area contributed by atoms with E-state index in [0.717, 1.165) is 17.7 Å². The minimum absolute atomic E-state index is 0.215. The molecule has 0 aliphatic rings. The van der Waals surface area contributed by atoms with E-state index < -0.39 is 0 Å². The van der Waals surface area contributed by atoms with E-state index in [1.54, 1.807) is 7.11 Å². The summed E-state index contributed by atoms with van der Waals surface area (Å²) in [5, 5.41) is 4.10. The van der Waals surface area contributed by atoms with Crippen molar-refractivity contribution in [1.82, 2.24) is 0 Å². The molecule has 0 unspecified atom stereocenters. The summed E-state index contributed by atoms with van der Waals surface area (Å²) < 4.78 is 0. The summed E-state index contributed by atoms with van der Waals surface area (Å²) in [6, 6.07) is 10.2. The SMILES string of the molecule is CO/N=C(/CC(C)(C)C)c1ccccc1. The van der Waals surface area contributed by atoms with Crippen molar-refractivity contribution < 1.29 is 4.84 Å². The van der Waals surface area contributed by atoms with Gasteiger partial charge in [-0.05, 0) is 17.4 Å². The highest BCUT2D eigenvalue weighted by Gasteiger charge is 2.16. The zero-order valence-corrected chi connectivity index (χ0v) is 9.95. The molecule has 0 atom stereocenters. The number of hydrogen-bond acceptors (Lipinski definition) is 2. The smallest absolute Gasteiger partial charge is 0.106 e. The molecule has 2 heteroatoms. The fraction of sp³-hybridized carbons (Fsp3) is 0.462. The molecule has 0 aromatic heterocycles. The minimum Gasteiger partial charge on any atom is -0.399 e. The number of nitrogens with zero attached hydrogens (tertiary/aromatic N) is 1. The molecule has 1 aromatic rings. The predicted octanol–water partition coefficient (Wildman–Crippen LogP) is 3.47. The van der Waals surface area contributed by atoms with E-state index in [1.807, 2.05) is 18.2 Å². The molecule has 0 bridgehead atoms. The van der Waals surface area contributed by atoms with Gasteiger partial charge in [0, 0.05) is 0 Å². The van der Waals surface area contributed by atoms with Gasteiger partial charge in [-0.3, -0.25) is 0 Å². The lowest BCUT2D eigenvalue weighted by Crippen LogP contribution is -2.14. The van der Waals surface area contributed by atoms with Gasteiger partial charge >= 0.3 is 0 Å². The van der Waals surface area contributed by atoms with Crippen LogP contribution >= 0.6 is 0 Å². The zero-order chi connectivity index (χ0) is 11.3. The lowest BCUT2D eigenvalue weighted by Gasteiger charge is -2.19. The first-order valence-corrected chi connectivity index (χ1v) is 5.18. The first-order valence-electron chi connectivity index (χ1n) is 5.18. The van der Waals surface area contributed by atoms with Crippen molar-refractivity contribution in [2.75, 3.05) is 7.11 Å². The minimum atomic E-state index is 0.215. The van der Waals surface area contributed by atoms with Crippen molar-refractivity contribution in [2.45, 2.75) is 27.2 Å². The second kappa shape index (κ2) is 4.96. The van der Waals surface area contributed by atoms with Crippen LogP contribution in [0.1, 0.15) is 32.8 Å². The van der Waals surface area contributed by atoms with Gasteiger partial charge in [0.15, 0.2) is 0 Å². The Morgan fingerprint density at radius 3 is 2.27 bits per heavy atom. The molecule has 15 heavy (non-hydrogen) atoms. The molecule has 0 saturated carbocycles. The van der Waals surface area contributed by atoms with Crippen LogP contribution in [0.15, 0.2) is 35.5 Å². The maximum Gasteiger partial charge on any atom is 0.106 e. The van der Waals surface area contributed by atoms with Crippen LogP contribution in [0.5, 0.6) is 0 Å². The molecular weight excluding hydrogens is 186 g/mol. The maximum absolute atomic E-state index is 4.89. The van der Waals surface area contributed by atoms with Crippen molar-refractivity contribution in [3.05, 3.63) is 35.9 Å². The van der Waals surface area contributed by atoms with Gasteiger partial charge in [0.05, 0.1) is 5.71 Å². The van der Waals surface area contributed by atoms with E-state index in [4.69, 9.17) is 4.84 Å². The van der Waals surface area contributed by atoms with Crippen molar-refractivity contribution in [2.24, 2.45) is 10.6 Å². The van der Waals surface area contributed by atoms with E-state index >= 15 is 0 Å². The summed E-state index contributed by atoms with van der Waals surface area (Å²) in [6.45, 7) is 6.59. The second-order valence-electron chi connectivity index (χ2n) is 4.82. The molecule has 0 heterocycles. The molecule has 0 aliphatic carbocycles. The molecular formula is C13H19NO. The quantitative estimate of drug-likeness (QED) is 0.547. The van der Waals surface area contributed by atoms with Crippen LogP contribution in [0.4, 0.5) is 0 Å². The first-order chi connectivity index (χ1) is 7.03. The zero-order valence-electron chi connectivity index (χ0n) is 9.95. The van der Waals surface area contributed by atoms with E-state index in [-0.39, 0.29) is 5.41 Å². The molecule has 0 N–H and O–H groups in total. The van der Waals surface area contributed by atoms with Crippen LogP contribution in [0.3, 0.4) is 0 Å². The molecule has 0 fully saturated rings. The van der Waals surface area contributed by atoms with E-state index in [9.17, 15) is 0 Å². The Kier molecular flexibility index (Phi) is 3.89. The number of benzene rings is 1. The van der Waals surface area contributed by atoms with E-state index in [0.29, 0.717) is 0 Å². The van der Waals surface area contributed by atoms with Crippen LogP contribution in [-0.2, 0) is 4.84 Å². The summed E-state index contributed by atoms with van der Waals surface area (Å²) in [5.74, 6) is 0. The summed E-state index contributed by atoms with van der Waals surface area (Å²) >= 11 is 0. The standard InChI is InChI=1S/C13H19NO/c1-13(2,3)10-12(14-15-4)11-8-6-5-7-9-11/h5-9H,10H2,1-4H3/b14-12-. The summed E-state index contributed by atoms with van der Waals surface area (Å²) in [4.78, 5) is 4.89. The van der Waals surface area contributed by atoms with Gasteiger partial charge in [-0.15, -0.1) is 0 Å². The van der Waals surface area contributed by atoms with E-state index in [1.165, 1.54) is 0 Å². The molecule has 0 amide bonds. The topological polar surface area (TPSA) is 21.6 Å². The van der Waals surface area contributed by atoms with Gasteiger partial charge in [-0.25, -0.2) is 0 Å². The Balaban J connectivity index is 2.90.